The Balaban J connectivity index is 2.15. The van der Waals surface area contributed by atoms with Gasteiger partial charge in [0, 0.05) is 23.1 Å². The van der Waals surface area contributed by atoms with E-state index in [1.165, 1.54) is 0 Å². The minimum atomic E-state index is -0.703. The Labute approximate surface area is 109 Å². The van der Waals surface area contributed by atoms with E-state index < -0.39 is 24.7 Å². The molecule has 4 N–H and O–H groups in total. The van der Waals surface area contributed by atoms with Crippen LogP contribution in [0.15, 0.2) is 16.9 Å². The molecule has 0 aromatic carbocycles. The van der Waals surface area contributed by atoms with E-state index >= 15 is 0 Å². The predicted molar refractivity (Wildman–Crippen MR) is 65.0 cm³/mol. The third-order valence-electron chi connectivity index (χ3n) is 3.22. The van der Waals surface area contributed by atoms with Crippen LogP contribution < -0.4 is 11.1 Å². The lowest BCUT2D eigenvalue weighted by Gasteiger charge is -2.36. The average Bonchev–Trinajstić information content (AvgIpc) is 2.77. The molecule has 4 atom stereocenters. The Bertz CT molecular complexity index is 447. The van der Waals surface area contributed by atoms with Gasteiger partial charge in [0.05, 0.1) is 18.8 Å². The van der Waals surface area contributed by atoms with Crippen LogP contribution in [0.1, 0.15) is 13.3 Å². The number of carbonyl (C=O) groups excluding carboxylic acids is 1. The fraction of sp³-hybridized carbons (Fsp3) is 0.700. The first-order valence-electron chi connectivity index (χ1n) is 5.89. The number of nitrogens with one attached hydrogen (secondary N) is 1. The number of nitrogens with zero attached hydrogens (tertiary/aromatic N) is 4. The zero-order chi connectivity index (χ0) is 14.0. The van der Waals surface area contributed by atoms with Gasteiger partial charge in [-0.2, -0.15) is 0 Å². The molecule has 0 radical (unpaired) electrons. The zero-order valence-corrected chi connectivity index (χ0v) is 10.4. The van der Waals surface area contributed by atoms with Crippen molar-refractivity contribution in [2.24, 2.45) is 10.8 Å². The number of aliphatic hydroxyl groups excluding tert-OH is 1. The second-order valence-corrected chi connectivity index (χ2v) is 4.50. The molecule has 0 saturated carbocycles. The van der Waals surface area contributed by atoms with E-state index in [9.17, 15) is 9.90 Å². The number of hydrogen-bond donors (Lipinski definition) is 3. The first-order valence-corrected chi connectivity index (χ1v) is 5.89. The first kappa shape index (κ1) is 13.6. The highest BCUT2D eigenvalue weighted by molar-refractivity contribution is 5.93. The predicted octanol–water partition coefficient (Wildman–Crippen LogP) is -0.649. The third kappa shape index (κ3) is 2.64. The Morgan fingerprint density at radius 3 is 3.16 bits per heavy atom. The van der Waals surface area contributed by atoms with Gasteiger partial charge in [0.2, 0.25) is 0 Å². The molecule has 19 heavy (non-hydrogen) atoms. The molecule has 1 amide bonds. The van der Waals surface area contributed by atoms with Gasteiger partial charge in [-0.3, -0.25) is 10.5 Å². The summed E-state index contributed by atoms with van der Waals surface area (Å²) in [7, 11) is 0. The van der Waals surface area contributed by atoms with E-state index in [0.29, 0.717) is 12.0 Å². The van der Waals surface area contributed by atoms with Crippen molar-refractivity contribution in [1.82, 2.24) is 10.2 Å². The molecule has 1 saturated heterocycles. The molecule has 9 nitrogen and oxygen atoms in total. The van der Waals surface area contributed by atoms with Crippen LogP contribution in [0.2, 0.25) is 0 Å². The molecule has 2 heterocycles. The topological polar surface area (TPSA) is 137 Å². The molecule has 0 bridgehead atoms. The Kier molecular flexibility index (Phi) is 3.91. The second kappa shape index (κ2) is 5.45. The van der Waals surface area contributed by atoms with Crippen LogP contribution in [0.5, 0.6) is 0 Å². The lowest BCUT2D eigenvalue weighted by Crippen LogP contribution is -2.58. The molecule has 0 aromatic heterocycles. The largest absolute Gasteiger partial charge is 0.394 e. The highest BCUT2D eigenvalue weighted by Gasteiger charge is 2.39. The molecule has 2 aliphatic rings. The fourth-order valence-corrected chi connectivity index (χ4v) is 2.20. The molecular weight excluding hydrogens is 252 g/mol. The van der Waals surface area contributed by atoms with Crippen molar-refractivity contribution in [2.45, 2.75) is 38.0 Å². The Morgan fingerprint density at radius 1 is 1.79 bits per heavy atom. The van der Waals surface area contributed by atoms with Gasteiger partial charge in [0.25, 0.3) is 5.91 Å². The van der Waals surface area contributed by atoms with Crippen molar-refractivity contribution in [2.75, 3.05) is 6.61 Å². The molecule has 1 fully saturated rings. The number of carbonyl (C=O) groups is 1. The average molecular weight is 268 g/mol. The quantitative estimate of drug-likeness (QED) is 0.355. The van der Waals surface area contributed by atoms with Crippen molar-refractivity contribution in [1.29, 1.82) is 0 Å². The van der Waals surface area contributed by atoms with Gasteiger partial charge in [-0.15, -0.1) is 0 Å². The lowest BCUT2D eigenvalue weighted by molar-refractivity contribution is -0.124. The van der Waals surface area contributed by atoms with Crippen LogP contribution in [-0.2, 0) is 9.53 Å². The number of azide groups is 1. The molecular formula is C10H16N6O3. The monoisotopic (exact) mass is 268 g/mol. The molecule has 2 aliphatic heterocycles. The van der Waals surface area contributed by atoms with E-state index in [-0.39, 0.29) is 12.5 Å². The molecule has 0 spiro atoms. The summed E-state index contributed by atoms with van der Waals surface area (Å²) >= 11 is 0. The number of hydrogen-bond acceptors (Lipinski definition) is 6. The summed E-state index contributed by atoms with van der Waals surface area (Å²) in [5, 5.41) is 15.4. The van der Waals surface area contributed by atoms with E-state index in [1.54, 1.807) is 18.0 Å². The number of rotatable bonds is 3. The summed E-state index contributed by atoms with van der Waals surface area (Å²) in [4.78, 5) is 15.8. The fourth-order valence-electron chi connectivity index (χ4n) is 2.20. The maximum atomic E-state index is 11.4. The van der Waals surface area contributed by atoms with Crippen LogP contribution in [0.3, 0.4) is 0 Å². The SMILES string of the molecule is CC1=CN([C@H]2CC(N=[N+]=[N-])[C@@H](CO)O2)C(N)NC1=O. The van der Waals surface area contributed by atoms with Crippen molar-refractivity contribution < 1.29 is 14.6 Å². The van der Waals surface area contributed by atoms with Crippen molar-refractivity contribution >= 4 is 5.91 Å². The van der Waals surface area contributed by atoms with Crippen LogP contribution >= 0.6 is 0 Å². The maximum Gasteiger partial charge on any atom is 0.250 e. The highest BCUT2D eigenvalue weighted by Crippen LogP contribution is 2.27. The molecule has 2 rings (SSSR count). The van der Waals surface area contributed by atoms with Crippen molar-refractivity contribution in [3.8, 4) is 0 Å². The number of nitrogens with two attached hydrogens (primary N) is 1. The summed E-state index contributed by atoms with van der Waals surface area (Å²) in [6.07, 6.45) is 0.312. The minimum absolute atomic E-state index is 0.230. The summed E-state index contributed by atoms with van der Waals surface area (Å²) in [6.45, 7) is 1.43. The lowest BCUT2D eigenvalue weighted by atomic mass is 10.1. The van der Waals surface area contributed by atoms with Gasteiger partial charge in [-0.1, -0.05) is 5.11 Å². The molecule has 9 heteroatoms. The van der Waals surface area contributed by atoms with Gasteiger partial charge in [0.15, 0.2) is 6.29 Å². The first-order chi connectivity index (χ1) is 9.06. The van der Waals surface area contributed by atoms with Gasteiger partial charge >= 0.3 is 0 Å². The second-order valence-electron chi connectivity index (χ2n) is 4.50. The molecule has 2 unspecified atom stereocenters. The summed E-state index contributed by atoms with van der Waals surface area (Å²) in [5.74, 6) is -0.230. The van der Waals surface area contributed by atoms with Gasteiger partial charge in [0.1, 0.15) is 6.23 Å². The standard InChI is InChI=1S/C10H16N6O3/c1-5-3-16(10(11)13-9(5)18)8-2-6(14-15-12)7(4-17)19-8/h3,6-8,10,17H,2,4,11H2,1H3,(H,13,18)/t6?,7-,8-,10?/m1/s1. The van der Waals surface area contributed by atoms with E-state index in [2.05, 4.69) is 15.3 Å². The van der Waals surface area contributed by atoms with Gasteiger partial charge in [-0.25, -0.2) is 0 Å². The van der Waals surface area contributed by atoms with Gasteiger partial charge < -0.3 is 20.1 Å². The summed E-state index contributed by atoms with van der Waals surface area (Å²) < 4.78 is 5.60. The van der Waals surface area contributed by atoms with Crippen LogP contribution in [-0.4, -0.2) is 47.2 Å². The Morgan fingerprint density at radius 2 is 2.53 bits per heavy atom. The van der Waals surface area contributed by atoms with Crippen LogP contribution in [0, 0.1) is 0 Å². The van der Waals surface area contributed by atoms with Gasteiger partial charge in [-0.05, 0) is 12.5 Å². The van der Waals surface area contributed by atoms with E-state index in [4.69, 9.17) is 16.0 Å². The summed E-state index contributed by atoms with van der Waals surface area (Å²) in [5.41, 5.74) is 14.8. The molecule has 0 aliphatic carbocycles. The Hall–Kier alpha value is -1.80. The smallest absolute Gasteiger partial charge is 0.250 e. The van der Waals surface area contributed by atoms with Crippen molar-refractivity contribution in [3.63, 3.8) is 0 Å². The molecule has 104 valence electrons. The molecule has 0 aromatic rings. The summed E-state index contributed by atoms with van der Waals surface area (Å²) in [6, 6.07) is -0.446. The van der Waals surface area contributed by atoms with Crippen LogP contribution in [0.25, 0.3) is 10.4 Å². The highest BCUT2D eigenvalue weighted by atomic mass is 16.5. The van der Waals surface area contributed by atoms with Crippen molar-refractivity contribution in [3.05, 3.63) is 22.2 Å². The van der Waals surface area contributed by atoms with E-state index in [1.807, 2.05) is 0 Å². The number of amides is 1. The zero-order valence-electron chi connectivity index (χ0n) is 10.4. The van der Waals surface area contributed by atoms with Crippen LogP contribution in [0.4, 0.5) is 0 Å². The maximum absolute atomic E-state index is 11.4. The number of aliphatic hydroxyl groups is 1. The third-order valence-corrected chi connectivity index (χ3v) is 3.22. The van der Waals surface area contributed by atoms with E-state index in [0.717, 1.165) is 0 Å². The minimum Gasteiger partial charge on any atom is -0.394 e. The number of ether oxygens (including phenoxy) is 1. The normalized spacial score (nSPS) is 34.6.